The summed E-state index contributed by atoms with van der Waals surface area (Å²) in [4.78, 5) is 19.0. The van der Waals surface area contributed by atoms with Crippen molar-refractivity contribution in [3.63, 3.8) is 0 Å². The van der Waals surface area contributed by atoms with Gasteiger partial charge in [0.05, 0.1) is 23.4 Å². The third-order valence-electron chi connectivity index (χ3n) is 5.02. The number of rotatable bonds is 6. The molecule has 0 radical (unpaired) electrons. The summed E-state index contributed by atoms with van der Waals surface area (Å²) < 4.78 is 12.2. The Balaban J connectivity index is 1.43. The molecule has 0 N–H and O–H groups in total. The van der Waals surface area contributed by atoms with E-state index in [2.05, 4.69) is 4.98 Å². The van der Waals surface area contributed by atoms with Crippen molar-refractivity contribution >= 4 is 38.2 Å². The highest BCUT2D eigenvalue weighted by Gasteiger charge is 2.21. The van der Waals surface area contributed by atoms with Gasteiger partial charge in [-0.1, -0.05) is 24.3 Å². The number of likely N-dealkylation sites (N-methyl/N-ethyl adjacent to an activating group) is 1. The monoisotopic (exact) mass is 406 g/mol. The second kappa shape index (κ2) is 8.09. The summed E-state index contributed by atoms with van der Waals surface area (Å²) in [6.07, 6.45) is 0. The maximum absolute atomic E-state index is 12.7. The molecule has 4 aromatic rings. The zero-order valence-electron chi connectivity index (χ0n) is 16.6. The number of fused-ring (bicyclic) bond motifs is 2. The summed E-state index contributed by atoms with van der Waals surface area (Å²) >= 11 is 1.61. The Morgan fingerprint density at radius 1 is 1.07 bits per heavy atom. The van der Waals surface area contributed by atoms with E-state index in [9.17, 15) is 4.79 Å². The van der Waals surface area contributed by atoms with Crippen molar-refractivity contribution in [2.24, 2.45) is 0 Å². The molecule has 1 atom stereocenters. The lowest BCUT2D eigenvalue weighted by atomic mass is 10.1. The fraction of sp³-hybridized carbons (Fsp3) is 0.217. The van der Waals surface area contributed by atoms with Gasteiger partial charge in [-0.3, -0.25) is 4.79 Å². The first-order valence-corrected chi connectivity index (χ1v) is 10.2. The van der Waals surface area contributed by atoms with Crippen LogP contribution in [-0.2, 0) is 4.79 Å². The topological polar surface area (TPSA) is 51.7 Å². The normalized spacial score (nSPS) is 12.1. The molecule has 0 aliphatic carbocycles. The van der Waals surface area contributed by atoms with Gasteiger partial charge in [0.1, 0.15) is 16.5 Å². The molecule has 3 aromatic carbocycles. The standard InChI is InChI=1S/C23H22N2O3S/c1-15(23-24-20-6-4-5-7-21(20)29-23)25(2)22(26)14-28-19-11-9-16-8-10-18(27-3)12-17(16)13-19/h4-13,15H,14H2,1-3H3/t15-/m0/s1. The number of benzene rings is 3. The number of aromatic nitrogens is 1. The van der Waals surface area contributed by atoms with E-state index < -0.39 is 0 Å². The fourth-order valence-corrected chi connectivity index (χ4v) is 4.18. The molecule has 148 valence electrons. The lowest BCUT2D eigenvalue weighted by molar-refractivity contribution is -0.134. The minimum atomic E-state index is -0.121. The summed E-state index contributed by atoms with van der Waals surface area (Å²) in [5.74, 6) is 1.35. The van der Waals surface area contributed by atoms with Crippen molar-refractivity contribution in [3.05, 3.63) is 65.7 Å². The van der Waals surface area contributed by atoms with Crippen LogP contribution in [0.25, 0.3) is 21.0 Å². The van der Waals surface area contributed by atoms with Crippen LogP contribution in [0.15, 0.2) is 60.7 Å². The maximum atomic E-state index is 12.7. The predicted molar refractivity (Wildman–Crippen MR) is 117 cm³/mol. The van der Waals surface area contributed by atoms with Crippen LogP contribution in [0, 0.1) is 0 Å². The van der Waals surface area contributed by atoms with E-state index in [0.29, 0.717) is 5.75 Å². The first kappa shape index (κ1) is 19.2. The molecule has 6 heteroatoms. The molecule has 1 heterocycles. The average molecular weight is 407 g/mol. The predicted octanol–water partition coefficient (Wildman–Crippen LogP) is 5.06. The van der Waals surface area contributed by atoms with Gasteiger partial charge in [-0.15, -0.1) is 11.3 Å². The number of amides is 1. The zero-order chi connectivity index (χ0) is 20.4. The van der Waals surface area contributed by atoms with Crippen LogP contribution < -0.4 is 9.47 Å². The average Bonchev–Trinajstić information content (AvgIpc) is 3.20. The van der Waals surface area contributed by atoms with E-state index in [0.717, 1.165) is 31.7 Å². The fourth-order valence-electron chi connectivity index (χ4n) is 3.12. The van der Waals surface area contributed by atoms with Crippen LogP contribution in [0.5, 0.6) is 11.5 Å². The van der Waals surface area contributed by atoms with Crippen LogP contribution in [-0.4, -0.2) is 36.6 Å². The Labute approximate surface area is 173 Å². The van der Waals surface area contributed by atoms with E-state index in [1.54, 1.807) is 30.4 Å². The highest BCUT2D eigenvalue weighted by atomic mass is 32.1. The molecule has 1 aromatic heterocycles. The number of methoxy groups -OCH3 is 1. The number of ether oxygens (including phenoxy) is 2. The van der Waals surface area contributed by atoms with E-state index in [1.807, 2.05) is 67.6 Å². The molecular formula is C23H22N2O3S. The lowest BCUT2D eigenvalue weighted by Crippen LogP contribution is -2.33. The maximum Gasteiger partial charge on any atom is 0.260 e. The first-order valence-electron chi connectivity index (χ1n) is 9.37. The van der Waals surface area contributed by atoms with Gasteiger partial charge < -0.3 is 14.4 Å². The van der Waals surface area contributed by atoms with Crippen molar-refractivity contribution in [2.75, 3.05) is 20.8 Å². The molecule has 1 amide bonds. The van der Waals surface area contributed by atoms with Gasteiger partial charge >= 0.3 is 0 Å². The number of hydrogen-bond acceptors (Lipinski definition) is 5. The molecule has 0 unspecified atom stereocenters. The highest BCUT2D eigenvalue weighted by Crippen LogP contribution is 2.29. The Morgan fingerprint density at radius 2 is 1.79 bits per heavy atom. The van der Waals surface area contributed by atoms with Crippen LogP contribution in [0.4, 0.5) is 0 Å². The number of thiazole rings is 1. The van der Waals surface area contributed by atoms with Gasteiger partial charge in [0.15, 0.2) is 6.61 Å². The number of carbonyl (C=O) groups excluding carboxylic acids is 1. The largest absolute Gasteiger partial charge is 0.497 e. The van der Waals surface area contributed by atoms with E-state index in [-0.39, 0.29) is 18.6 Å². The Hall–Kier alpha value is -3.12. The SMILES string of the molecule is COc1ccc2ccc(OCC(=O)N(C)[C@@H](C)c3nc4ccccc4s3)cc2c1. The van der Waals surface area contributed by atoms with Crippen molar-refractivity contribution in [3.8, 4) is 11.5 Å². The molecular weight excluding hydrogens is 384 g/mol. The molecule has 0 bridgehead atoms. The Kier molecular flexibility index (Phi) is 5.36. The number of para-hydroxylation sites is 1. The molecule has 0 aliphatic heterocycles. The molecule has 0 aliphatic rings. The van der Waals surface area contributed by atoms with Gasteiger partial charge in [-0.05, 0) is 54.1 Å². The van der Waals surface area contributed by atoms with E-state index >= 15 is 0 Å². The van der Waals surface area contributed by atoms with E-state index in [4.69, 9.17) is 9.47 Å². The quantitative estimate of drug-likeness (QED) is 0.449. The van der Waals surface area contributed by atoms with Crippen molar-refractivity contribution in [1.82, 2.24) is 9.88 Å². The second-order valence-corrected chi connectivity index (χ2v) is 7.93. The van der Waals surface area contributed by atoms with Crippen molar-refractivity contribution < 1.29 is 14.3 Å². The van der Waals surface area contributed by atoms with Gasteiger partial charge in [0, 0.05) is 7.05 Å². The molecule has 4 rings (SSSR count). The molecule has 0 saturated heterocycles. The van der Waals surface area contributed by atoms with Crippen LogP contribution in [0.3, 0.4) is 0 Å². The minimum Gasteiger partial charge on any atom is -0.497 e. The third kappa shape index (κ3) is 4.03. The Morgan fingerprint density at radius 3 is 2.55 bits per heavy atom. The van der Waals surface area contributed by atoms with Crippen LogP contribution >= 0.6 is 11.3 Å². The van der Waals surface area contributed by atoms with Crippen LogP contribution in [0.1, 0.15) is 18.0 Å². The summed E-state index contributed by atoms with van der Waals surface area (Å²) in [5, 5.41) is 3.01. The van der Waals surface area contributed by atoms with Gasteiger partial charge in [0.2, 0.25) is 0 Å². The molecule has 5 nitrogen and oxygen atoms in total. The highest BCUT2D eigenvalue weighted by molar-refractivity contribution is 7.18. The third-order valence-corrected chi connectivity index (χ3v) is 6.23. The zero-order valence-corrected chi connectivity index (χ0v) is 17.4. The number of carbonyl (C=O) groups is 1. The van der Waals surface area contributed by atoms with Crippen molar-refractivity contribution in [2.45, 2.75) is 13.0 Å². The minimum absolute atomic E-state index is 0.0266. The summed E-state index contributed by atoms with van der Waals surface area (Å²) in [6, 6.07) is 19.5. The molecule has 0 spiro atoms. The summed E-state index contributed by atoms with van der Waals surface area (Å²) in [6.45, 7) is 1.96. The lowest BCUT2D eigenvalue weighted by Gasteiger charge is -2.23. The molecule has 29 heavy (non-hydrogen) atoms. The smallest absolute Gasteiger partial charge is 0.260 e. The van der Waals surface area contributed by atoms with Gasteiger partial charge in [0.25, 0.3) is 5.91 Å². The number of hydrogen-bond donors (Lipinski definition) is 0. The van der Waals surface area contributed by atoms with Gasteiger partial charge in [-0.2, -0.15) is 0 Å². The summed E-state index contributed by atoms with van der Waals surface area (Å²) in [5.41, 5.74) is 0.961. The first-order chi connectivity index (χ1) is 14.0. The number of nitrogens with zero attached hydrogens (tertiary/aromatic N) is 2. The van der Waals surface area contributed by atoms with E-state index in [1.165, 1.54) is 0 Å². The van der Waals surface area contributed by atoms with Crippen LogP contribution in [0.2, 0.25) is 0 Å². The van der Waals surface area contributed by atoms with Gasteiger partial charge in [-0.25, -0.2) is 4.98 Å². The van der Waals surface area contributed by atoms with Crippen molar-refractivity contribution in [1.29, 1.82) is 0 Å². The summed E-state index contributed by atoms with van der Waals surface area (Å²) in [7, 11) is 3.43. The Bertz CT molecular complexity index is 1140. The molecule has 0 fully saturated rings. The molecule has 0 saturated carbocycles. The second-order valence-electron chi connectivity index (χ2n) is 6.86.